The molecule has 0 saturated carbocycles. The highest BCUT2D eigenvalue weighted by atomic mass is 35.5. The summed E-state index contributed by atoms with van der Waals surface area (Å²) in [6.45, 7) is 2.14. The number of fused-ring (bicyclic) bond motifs is 1. The Hall–Kier alpha value is -1.13. The zero-order chi connectivity index (χ0) is 14.7. The highest BCUT2D eigenvalue weighted by Crippen LogP contribution is 2.32. The van der Waals surface area contributed by atoms with Crippen molar-refractivity contribution in [3.63, 3.8) is 0 Å². The topological polar surface area (TPSA) is 41.1 Å². The van der Waals surface area contributed by atoms with Crippen LogP contribution in [0.5, 0.6) is 0 Å². The van der Waals surface area contributed by atoms with Crippen molar-refractivity contribution < 1.29 is 9.18 Å². The molecule has 0 spiro atoms. The second-order valence-electron chi connectivity index (χ2n) is 6.20. The Morgan fingerprint density at radius 2 is 2.05 bits per heavy atom. The molecule has 1 aromatic rings. The number of hydrogen-bond donors (Lipinski definition) is 2. The molecule has 122 valence electrons. The first-order chi connectivity index (χ1) is 10.2. The van der Waals surface area contributed by atoms with Gasteiger partial charge in [-0.05, 0) is 68.3 Å². The Labute approximate surface area is 137 Å². The lowest BCUT2D eigenvalue weighted by molar-refractivity contribution is -0.122. The third-order valence-corrected chi connectivity index (χ3v) is 4.79. The van der Waals surface area contributed by atoms with Gasteiger partial charge in [-0.1, -0.05) is 12.1 Å². The lowest BCUT2D eigenvalue weighted by Crippen LogP contribution is -2.30. The maximum atomic E-state index is 13.7. The Morgan fingerprint density at radius 1 is 1.27 bits per heavy atom. The summed E-state index contributed by atoms with van der Waals surface area (Å²) in [5, 5.41) is 6.42. The van der Waals surface area contributed by atoms with Crippen LogP contribution in [0.3, 0.4) is 0 Å². The highest BCUT2D eigenvalue weighted by molar-refractivity contribution is 5.85. The van der Waals surface area contributed by atoms with E-state index < -0.39 is 0 Å². The van der Waals surface area contributed by atoms with E-state index in [2.05, 4.69) is 10.6 Å². The van der Waals surface area contributed by atoms with Crippen LogP contribution in [0.2, 0.25) is 0 Å². The summed E-state index contributed by atoms with van der Waals surface area (Å²) in [5.74, 6) is 0.639. The van der Waals surface area contributed by atoms with E-state index in [4.69, 9.17) is 0 Å². The average Bonchev–Trinajstić information content (AvgIpc) is 2.91. The summed E-state index contributed by atoms with van der Waals surface area (Å²) in [7, 11) is 0. The van der Waals surface area contributed by atoms with Gasteiger partial charge in [0.05, 0.1) is 6.04 Å². The zero-order valence-electron chi connectivity index (χ0n) is 12.7. The first-order valence-electron chi connectivity index (χ1n) is 8.01. The van der Waals surface area contributed by atoms with E-state index in [0.717, 1.165) is 43.5 Å². The summed E-state index contributed by atoms with van der Waals surface area (Å²) < 4.78 is 13.7. The van der Waals surface area contributed by atoms with Gasteiger partial charge in [-0.25, -0.2) is 4.39 Å². The smallest absolute Gasteiger partial charge is 0.220 e. The molecule has 2 N–H and O–H groups in total. The molecule has 0 bridgehead atoms. The lowest BCUT2D eigenvalue weighted by atomic mass is 9.93. The number of carbonyl (C=O) groups is 1. The summed E-state index contributed by atoms with van der Waals surface area (Å²) in [6.07, 6.45) is 5.44. The fourth-order valence-electron chi connectivity index (χ4n) is 3.53. The molecule has 1 aliphatic carbocycles. The minimum absolute atomic E-state index is 0. The van der Waals surface area contributed by atoms with E-state index in [1.807, 2.05) is 6.07 Å². The van der Waals surface area contributed by atoms with Crippen LogP contribution in [0.15, 0.2) is 18.2 Å². The molecule has 22 heavy (non-hydrogen) atoms. The van der Waals surface area contributed by atoms with Crippen LogP contribution in [0.4, 0.5) is 4.39 Å². The number of piperidine rings is 1. The van der Waals surface area contributed by atoms with Gasteiger partial charge in [0.1, 0.15) is 5.82 Å². The molecular weight excluding hydrogens is 303 g/mol. The second kappa shape index (κ2) is 7.93. The van der Waals surface area contributed by atoms with E-state index in [-0.39, 0.29) is 30.2 Å². The van der Waals surface area contributed by atoms with E-state index >= 15 is 0 Å². The van der Waals surface area contributed by atoms with Crippen molar-refractivity contribution in [1.82, 2.24) is 10.6 Å². The van der Waals surface area contributed by atoms with Crippen molar-refractivity contribution in [2.24, 2.45) is 5.92 Å². The quantitative estimate of drug-likeness (QED) is 0.892. The molecule has 3 rings (SSSR count). The van der Waals surface area contributed by atoms with Gasteiger partial charge in [-0.15, -0.1) is 12.4 Å². The number of halogens is 2. The van der Waals surface area contributed by atoms with Gasteiger partial charge in [0.2, 0.25) is 5.91 Å². The van der Waals surface area contributed by atoms with Crippen LogP contribution in [-0.2, 0) is 11.2 Å². The fraction of sp³-hybridized carbons (Fsp3) is 0.588. The van der Waals surface area contributed by atoms with Crippen molar-refractivity contribution in [2.45, 2.75) is 44.6 Å². The van der Waals surface area contributed by atoms with Crippen molar-refractivity contribution in [2.75, 3.05) is 13.1 Å². The largest absolute Gasteiger partial charge is 0.349 e. The number of hydrogen-bond acceptors (Lipinski definition) is 2. The molecule has 1 amide bonds. The first-order valence-corrected chi connectivity index (χ1v) is 8.01. The maximum Gasteiger partial charge on any atom is 0.220 e. The number of nitrogens with one attached hydrogen (secondary N) is 2. The van der Waals surface area contributed by atoms with Gasteiger partial charge >= 0.3 is 0 Å². The van der Waals surface area contributed by atoms with Crippen LogP contribution in [0.1, 0.15) is 49.3 Å². The van der Waals surface area contributed by atoms with Crippen LogP contribution < -0.4 is 10.6 Å². The Morgan fingerprint density at radius 3 is 2.82 bits per heavy atom. The monoisotopic (exact) mass is 326 g/mol. The third-order valence-electron chi connectivity index (χ3n) is 4.79. The predicted octanol–water partition coefficient (Wildman–Crippen LogP) is 3.13. The summed E-state index contributed by atoms with van der Waals surface area (Å²) in [6, 6.07) is 5.16. The molecule has 1 aliphatic heterocycles. The van der Waals surface area contributed by atoms with Crippen LogP contribution in [0, 0.1) is 11.7 Å². The molecule has 1 fully saturated rings. The molecule has 3 nitrogen and oxygen atoms in total. The maximum absolute atomic E-state index is 13.7. The van der Waals surface area contributed by atoms with Crippen molar-refractivity contribution in [1.29, 1.82) is 0 Å². The minimum atomic E-state index is -0.140. The van der Waals surface area contributed by atoms with Crippen LogP contribution >= 0.6 is 12.4 Å². The standard InChI is InChI=1S/C17H23FN2O.ClH/c18-15-3-1-2-14-13(15)5-6-16(14)20-17(21)7-4-12-8-10-19-11-9-12;/h1-3,12,16,19H,4-11H2,(H,20,21);1H. The zero-order valence-corrected chi connectivity index (χ0v) is 13.6. The van der Waals surface area contributed by atoms with Crippen molar-refractivity contribution >= 4 is 18.3 Å². The first kappa shape index (κ1) is 17.2. The summed E-state index contributed by atoms with van der Waals surface area (Å²) in [5.41, 5.74) is 1.74. The Kier molecular flexibility index (Phi) is 6.21. The molecule has 0 aromatic heterocycles. The Balaban J connectivity index is 0.00000176. The van der Waals surface area contributed by atoms with Gasteiger partial charge in [0.25, 0.3) is 0 Å². The summed E-state index contributed by atoms with van der Waals surface area (Å²) >= 11 is 0. The third kappa shape index (κ3) is 3.99. The molecule has 5 heteroatoms. The molecule has 1 aromatic carbocycles. The number of carbonyl (C=O) groups excluding carboxylic acids is 1. The number of rotatable bonds is 4. The molecule has 2 aliphatic rings. The fourth-order valence-corrected chi connectivity index (χ4v) is 3.53. The van der Waals surface area contributed by atoms with E-state index in [0.29, 0.717) is 12.3 Å². The van der Waals surface area contributed by atoms with Gasteiger partial charge in [0.15, 0.2) is 0 Å². The summed E-state index contributed by atoms with van der Waals surface area (Å²) in [4.78, 5) is 12.1. The Bertz CT molecular complexity index is 517. The molecule has 1 saturated heterocycles. The number of benzene rings is 1. The van der Waals surface area contributed by atoms with Crippen LogP contribution in [0.25, 0.3) is 0 Å². The van der Waals surface area contributed by atoms with Gasteiger partial charge in [-0.3, -0.25) is 4.79 Å². The second-order valence-corrected chi connectivity index (χ2v) is 6.20. The normalized spacial score (nSPS) is 21.0. The lowest BCUT2D eigenvalue weighted by Gasteiger charge is -2.22. The number of amides is 1. The van der Waals surface area contributed by atoms with E-state index in [1.54, 1.807) is 6.07 Å². The van der Waals surface area contributed by atoms with E-state index in [1.165, 1.54) is 18.9 Å². The predicted molar refractivity (Wildman–Crippen MR) is 87.7 cm³/mol. The van der Waals surface area contributed by atoms with E-state index in [9.17, 15) is 9.18 Å². The van der Waals surface area contributed by atoms with Gasteiger partial charge in [-0.2, -0.15) is 0 Å². The molecular formula is C17H24ClFN2O. The molecule has 1 unspecified atom stereocenters. The van der Waals surface area contributed by atoms with Crippen molar-refractivity contribution in [3.8, 4) is 0 Å². The van der Waals surface area contributed by atoms with Crippen LogP contribution in [-0.4, -0.2) is 19.0 Å². The molecule has 1 atom stereocenters. The van der Waals surface area contributed by atoms with Crippen molar-refractivity contribution in [3.05, 3.63) is 35.1 Å². The molecule has 1 heterocycles. The minimum Gasteiger partial charge on any atom is -0.349 e. The van der Waals surface area contributed by atoms with Gasteiger partial charge < -0.3 is 10.6 Å². The highest BCUT2D eigenvalue weighted by Gasteiger charge is 2.26. The average molecular weight is 327 g/mol. The molecule has 0 radical (unpaired) electrons. The van der Waals surface area contributed by atoms with Gasteiger partial charge in [0, 0.05) is 6.42 Å². The SMILES string of the molecule is Cl.O=C(CCC1CCNCC1)NC1CCc2c(F)cccc21.